The first-order chi connectivity index (χ1) is 15.1. The summed E-state index contributed by atoms with van der Waals surface area (Å²) in [7, 11) is 0. The Hall–Kier alpha value is -1.70. The van der Waals surface area contributed by atoms with Crippen LogP contribution >= 0.6 is 0 Å². The Morgan fingerprint density at radius 3 is 2.90 bits per heavy atom. The zero-order valence-electron chi connectivity index (χ0n) is 19.2. The van der Waals surface area contributed by atoms with E-state index in [0.29, 0.717) is 24.7 Å². The molecule has 1 saturated heterocycles. The molecule has 1 heterocycles. The molecule has 0 radical (unpaired) electrons. The van der Waals surface area contributed by atoms with Crippen LogP contribution in [0.2, 0.25) is 0 Å². The minimum absolute atomic E-state index is 0.0706. The lowest BCUT2D eigenvalue weighted by Crippen LogP contribution is -2.30. The molecule has 0 bridgehead atoms. The Bertz CT molecular complexity index is 719. The van der Waals surface area contributed by atoms with Crippen LogP contribution in [-0.2, 0) is 19.1 Å². The Morgan fingerprint density at radius 2 is 2.16 bits per heavy atom. The molecule has 3 unspecified atom stereocenters. The van der Waals surface area contributed by atoms with Gasteiger partial charge in [-0.25, -0.2) is 0 Å². The summed E-state index contributed by atoms with van der Waals surface area (Å²) in [5.74, 6) is 7.37. The van der Waals surface area contributed by atoms with Gasteiger partial charge in [-0.3, -0.25) is 4.79 Å². The lowest BCUT2D eigenvalue weighted by Gasteiger charge is -2.29. The SMILES string of the molecule is CC#CCC(C)C(=O)/C=C/C1[C@H]2C/C(=C/CCCC=O)C[C@H]2C[C@H]1OC1CCCCO1. The number of unbranched alkanes of at least 4 members (excludes halogenated alkanes) is 2. The van der Waals surface area contributed by atoms with Gasteiger partial charge in [-0.1, -0.05) is 24.6 Å². The van der Waals surface area contributed by atoms with Gasteiger partial charge in [-0.05, 0) is 76.2 Å². The molecule has 0 aromatic heterocycles. The number of ketones is 1. The molecular formula is C27H38O4. The Morgan fingerprint density at radius 1 is 1.29 bits per heavy atom. The van der Waals surface area contributed by atoms with E-state index in [2.05, 4.69) is 24.0 Å². The number of allylic oxidation sites excluding steroid dienone is 3. The molecule has 4 nitrogen and oxygen atoms in total. The van der Waals surface area contributed by atoms with Crippen molar-refractivity contribution < 1.29 is 19.1 Å². The predicted octanol–water partition coefficient (Wildman–Crippen LogP) is 5.41. The second-order valence-electron chi connectivity index (χ2n) is 9.37. The molecule has 1 aliphatic heterocycles. The maximum Gasteiger partial charge on any atom is 0.159 e. The molecule has 2 aliphatic carbocycles. The molecule has 0 N–H and O–H groups in total. The third-order valence-corrected chi connectivity index (χ3v) is 7.06. The largest absolute Gasteiger partial charge is 0.353 e. The highest BCUT2D eigenvalue weighted by Gasteiger charge is 2.47. The van der Waals surface area contributed by atoms with E-state index < -0.39 is 0 Å². The number of hydrogen-bond donors (Lipinski definition) is 0. The van der Waals surface area contributed by atoms with Gasteiger partial charge in [0.1, 0.15) is 6.29 Å². The molecule has 0 aromatic rings. The molecular weight excluding hydrogens is 388 g/mol. The minimum Gasteiger partial charge on any atom is -0.353 e. The molecule has 3 aliphatic rings. The van der Waals surface area contributed by atoms with Gasteiger partial charge < -0.3 is 14.3 Å². The second kappa shape index (κ2) is 12.4. The zero-order valence-corrected chi connectivity index (χ0v) is 19.2. The molecule has 0 amide bonds. The van der Waals surface area contributed by atoms with E-state index in [1.165, 1.54) is 5.57 Å². The van der Waals surface area contributed by atoms with E-state index in [1.54, 1.807) is 6.08 Å². The highest BCUT2D eigenvalue weighted by atomic mass is 16.7. The average Bonchev–Trinajstić information content (AvgIpc) is 3.31. The van der Waals surface area contributed by atoms with Gasteiger partial charge in [0.25, 0.3) is 0 Å². The summed E-state index contributed by atoms with van der Waals surface area (Å²) in [6, 6.07) is 0. The summed E-state index contributed by atoms with van der Waals surface area (Å²) in [5.41, 5.74) is 1.52. The van der Waals surface area contributed by atoms with Gasteiger partial charge in [0.15, 0.2) is 12.1 Å². The van der Waals surface area contributed by atoms with Gasteiger partial charge in [-0.2, -0.15) is 0 Å². The first kappa shape index (κ1) is 24.0. The van der Waals surface area contributed by atoms with Crippen LogP contribution in [0, 0.1) is 35.5 Å². The second-order valence-corrected chi connectivity index (χ2v) is 9.37. The fourth-order valence-corrected chi connectivity index (χ4v) is 5.31. The monoisotopic (exact) mass is 426 g/mol. The molecule has 0 spiro atoms. The molecule has 31 heavy (non-hydrogen) atoms. The minimum atomic E-state index is -0.0960. The fraction of sp³-hybridized carbons (Fsp3) is 0.704. The smallest absolute Gasteiger partial charge is 0.159 e. The standard InChI is InChI=1S/C27H38O4/c1-3-4-10-20(2)25(29)14-13-23-24-18-21(11-6-5-8-15-28)17-22(24)19-26(23)31-27-12-7-9-16-30-27/h11,13-15,20,22-24,26-27H,5-10,12,16-19H2,1-2H3/b14-13+,21-11+/t20?,22-,23?,24-,26+,27?/m0/s1. The topological polar surface area (TPSA) is 52.6 Å². The molecule has 6 atom stereocenters. The number of rotatable bonds is 10. The van der Waals surface area contributed by atoms with Crippen LogP contribution in [0.4, 0.5) is 0 Å². The van der Waals surface area contributed by atoms with Crippen molar-refractivity contribution in [2.75, 3.05) is 6.61 Å². The third kappa shape index (κ3) is 6.89. The van der Waals surface area contributed by atoms with Crippen LogP contribution in [0.15, 0.2) is 23.8 Å². The normalized spacial score (nSPS) is 32.6. The van der Waals surface area contributed by atoms with Crippen molar-refractivity contribution in [3.8, 4) is 11.8 Å². The summed E-state index contributed by atoms with van der Waals surface area (Å²) in [6.07, 6.45) is 17.0. The van der Waals surface area contributed by atoms with Crippen molar-refractivity contribution in [1.29, 1.82) is 0 Å². The molecule has 0 aromatic carbocycles. The van der Waals surface area contributed by atoms with Crippen molar-refractivity contribution in [2.24, 2.45) is 23.7 Å². The fourth-order valence-electron chi connectivity index (χ4n) is 5.31. The van der Waals surface area contributed by atoms with E-state index in [4.69, 9.17) is 9.47 Å². The van der Waals surface area contributed by atoms with E-state index in [9.17, 15) is 9.59 Å². The number of ether oxygens (including phenoxy) is 2. The van der Waals surface area contributed by atoms with Gasteiger partial charge in [0.2, 0.25) is 0 Å². The first-order valence-corrected chi connectivity index (χ1v) is 12.1. The highest BCUT2D eigenvalue weighted by Crippen LogP contribution is 2.52. The summed E-state index contributed by atoms with van der Waals surface area (Å²) in [6.45, 7) is 4.55. The van der Waals surface area contributed by atoms with Crippen LogP contribution in [0.1, 0.15) is 78.1 Å². The van der Waals surface area contributed by atoms with Gasteiger partial charge >= 0.3 is 0 Å². The van der Waals surface area contributed by atoms with Crippen LogP contribution in [0.25, 0.3) is 0 Å². The number of carbonyl (C=O) groups excluding carboxylic acids is 2. The number of carbonyl (C=O) groups is 2. The summed E-state index contributed by atoms with van der Waals surface area (Å²) >= 11 is 0. The molecule has 3 fully saturated rings. The van der Waals surface area contributed by atoms with Crippen molar-refractivity contribution in [3.05, 3.63) is 23.8 Å². The van der Waals surface area contributed by atoms with E-state index in [-0.39, 0.29) is 30.0 Å². The Balaban J connectivity index is 1.66. The molecule has 2 saturated carbocycles. The maximum absolute atomic E-state index is 12.6. The Labute approximate surface area is 187 Å². The third-order valence-electron chi connectivity index (χ3n) is 7.06. The van der Waals surface area contributed by atoms with Crippen molar-refractivity contribution in [3.63, 3.8) is 0 Å². The van der Waals surface area contributed by atoms with E-state index in [0.717, 1.165) is 64.3 Å². The number of aldehydes is 1. The zero-order chi connectivity index (χ0) is 22.1. The van der Waals surface area contributed by atoms with Crippen LogP contribution in [0.5, 0.6) is 0 Å². The maximum atomic E-state index is 12.6. The quantitative estimate of drug-likeness (QED) is 0.154. The molecule has 4 heteroatoms. The first-order valence-electron chi connectivity index (χ1n) is 12.1. The van der Waals surface area contributed by atoms with Crippen molar-refractivity contribution in [2.45, 2.75) is 90.4 Å². The molecule has 170 valence electrons. The summed E-state index contributed by atoms with van der Waals surface area (Å²) in [5, 5.41) is 0. The number of hydrogen-bond acceptors (Lipinski definition) is 4. The van der Waals surface area contributed by atoms with Crippen LogP contribution in [-0.4, -0.2) is 31.1 Å². The van der Waals surface area contributed by atoms with Gasteiger partial charge in [0.05, 0.1) is 6.10 Å². The van der Waals surface area contributed by atoms with Crippen molar-refractivity contribution in [1.82, 2.24) is 0 Å². The van der Waals surface area contributed by atoms with Gasteiger partial charge in [0, 0.05) is 31.3 Å². The predicted molar refractivity (Wildman–Crippen MR) is 122 cm³/mol. The van der Waals surface area contributed by atoms with Gasteiger partial charge in [-0.15, -0.1) is 11.8 Å². The van der Waals surface area contributed by atoms with Crippen LogP contribution < -0.4 is 0 Å². The van der Waals surface area contributed by atoms with E-state index >= 15 is 0 Å². The van der Waals surface area contributed by atoms with Crippen molar-refractivity contribution >= 4 is 12.1 Å². The lowest BCUT2D eigenvalue weighted by atomic mass is 9.89. The number of fused-ring (bicyclic) bond motifs is 1. The highest BCUT2D eigenvalue weighted by molar-refractivity contribution is 5.91. The summed E-state index contributed by atoms with van der Waals surface area (Å²) < 4.78 is 12.3. The van der Waals surface area contributed by atoms with E-state index in [1.807, 2.05) is 13.8 Å². The summed E-state index contributed by atoms with van der Waals surface area (Å²) in [4.78, 5) is 23.2. The average molecular weight is 427 g/mol. The van der Waals surface area contributed by atoms with Crippen LogP contribution in [0.3, 0.4) is 0 Å². The Kier molecular flexibility index (Phi) is 9.55. The molecule has 3 rings (SSSR count). The lowest BCUT2D eigenvalue weighted by molar-refractivity contribution is -0.193.